The minimum absolute atomic E-state index is 0.148. The lowest BCUT2D eigenvalue weighted by molar-refractivity contribution is 0.566. The van der Waals surface area contributed by atoms with Crippen molar-refractivity contribution in [2.24, 2.45) is 0 Å². The molecule has 24 heavy (non-hydrogen) atoms. The molecule has 0 aliphatic carbocycles. The molecule has 1 N–H and O–H groups in total. The van der Waals surface area contributed by atoms with Crippen LogP contribution in [0, 0.1) is 0 Å². The smallest absolute Gasteiger partial charge is 0.242 e. The molecule has 0 saturated carbocycles. The maximum Gasteiger partial charge on any atom is 0.242 e. The van der Waals surface area contributed by atoms with Crippen molar-refractivity contribution in [1.82, 2.24) is 19.7 Å². The van der Waals surface area contributed by atoms with E-state index in [0.29, 0.717) is 0 Å². The van der Waals surface area contributed by atoms with Crippen LogP contribution in [0.15, 0.2) is 72.4 Å². The number of benzene rings is 1. The van der Waals surface area contributed by atoms with Crippen LogP contribution in [0.5, 0.6) is 0 Å². The quantitative estimate of drug-likeness (QED) is 0.771. The Kier molecular flexibility index (Phi) is 4.64. The summed E-state index contributed by atoms with van der Waals surface area (Å²) in [7, 11) is -3.60. The zero-order valence-electron chi connectivity index (χ0n) is 13.0. The molecule has 0 aliphatic heterocycles. The van der Waals surface area contributed by atoms with E-state index >= 15 is 0 Å². The van der Waals surface area contributed by atoms with E-state index in [1.54, 1.807) is 25.4 Å². The molecule has 122 valence electrons. The van der Waals surface area contributed by atoms with Gasteiger partial charge in [0, 0.05) is 36.4 Å². The number of hydrogen-bond donors (Lipinski definition) is 1. The summed E-state index contributed by atoms with van der Waals surface area (Å²) in [6.45, 7) is 1.80. The third-order valence-corrected chi connectivity index (χ3v) is 5.11. The van der Waals surface area contributed by atoms with Gasteiger partial charge in [-0.1, -0.05) is 24.3 Å². The number of aromatic nitrogens is 3. The van der Waals surface area contributed by atoms with Gasteiger partial charge in [-0.2, -0.15) is 0 Å². The number of nitrogens with one attached hydrogen (secondary N) is 1. The summed E-state index contributed by atoms with van der Waals surface area (Å²) in [5.41, 5.74) is 2.75. The summed E-state index contributed by atoms with van der Waals surface area (Å²) < 4.78 is 27.3. The third-order valence-electron chi connectivity index (χ3n) is 3.58. The SMILES string of the molecule is CC(NS(=O)(=O)c1cccnc1)c1ccc(-c2cncnc2)cc1. The number of rotatable bonds is 5. The molecule has 0 amide bonds. The molecule has 0 bridgehead atoms. The predicted octanol–water partition coefficient (Wildman–Crippen LogP) is 2.58. The summed E-state index contributed by atoms with van der Waals surface area (Å²) in [5.74, 6) is 0. The van der Waals surface area contributed by atoms with Gasteiger partial charge in [0.25, 0.3) is 0 Å². The number of nitrogens with zero attached hydrogens (tertiary/aromatic N) is 3. The maximum absolute atomic E-state index is 12.3. The molecule has 0 aliphatic rings. The van der Waals surface area contributed by atoms with Crippen molar-refractivity contribution in [3.05, 3.63) is 73.1 Å². The van der Waals surface area contributed by atoms with Crippen molar-refractivity contribution in [2.45, 2.75) is 17.9 Å². The van der Waals surface area contributed by atoms with Crippen LogP contribution in [0.4, 0.5) is 0 Å². The van der Waals surface area contributed by atoms with E-state index in [1.165, 1.54) is 24.8 Å². The van der Waals surface area contributed by atoms with Crippen molar-refractivity contribution < 1.29 is 8.42 Å². The van der Waals surface area contributed by atoms with Crippen LogP contribution in [-0.2, 0) is 10.0 Å². The average Bonchev–Trinajstić information content (AvgIpc) is 2.63. The predicted molar refractivity (Wildman–Crippen MR) is 90.4 cm³/mol. The van der Waals surface area contributed by atoms with Gasteiger partial charge >= 0.3 is 0 Å². The monoisotopic (exact) mass is 340 g/mol. The first-order chi connectivity index (χ1) is 11.6. The minimum Gasteiger partial charge on any atom is -0.263 e. The summed E-state index contributed by atoms with van der Waals surface area (Å²) in [6.07, 6.45) is 7.81. The minimum atomic E-state index is -3.60. The summed E-state index contributed by atoms with van der Waals surface area (Å²) in [4.78, 5) is 12.0. The Morgan fingerprint density at radius 3 is 2.25 bits per heavy atom. The van der Waals surface area contributed by atoms with Gasteiger partial charge in [-0.15, -0.1) is 0 Å². The van der Waals surface area contributed by atoms with Crippen LogP contribution >= 0.6 is 0 Å². The lowest BCUT2D eigenvalue weighted by Crippen LogP contribution is -2.26. The maximum atomic E-state index is 12.3. The molecule has 1 unspecified atom stereocenters. The van der Waals surface area contributed by atoms with Crippen molar-refractivity contribution in [1.29, 1.82) is 0 Å². The van der Waals surface area contributed by atoms with Crippen molar-refractivity contribution >= 4 is 10.0 Å². The fourth-order valence-corrected chi connectivity index (χ4v) is 3.48. The molecule has 1 aromatic carbocycles. The molecule has 3 rings (SSSR count). The van der Waals surface area contributed by atoms with Crippen LogP contribution in [0.1, 0.15) is 18.5 Å². The molecule has 0 fully saturated rings. The van der Waals surface area contributed by atoms with Crippen LogP contribution < -0.4 is 4.72 Å². The number of pyridine rings is 1. The highest BCUT2D eigenvalue weighted by atomic mass is 32.2. The second-order valence-electron chi connectivity index (χ2n) is 5.28. The highest BCUT2D eigenvalue weighted by Gasteiger charge is 2.18. The van der Waals surface area contributed by atoms with Gasteiger partial charge in [0.1, 0.15) is 11.2 Å². The molecule has 2 aromatic heterocycles. The Bertz CT molecular complexity index is 898. The standard InChI is InChI=1S/C17H16N4O2S/c1-13(21-24(22,23)17-3-2-8-18-11-17)14-4-6-15(7-5-14)16-9-19-12-20-10-16/h2-13,21H,1H3. The molecule has 0 spiro atoms. The highest BCUT2D eigenvalue weighted by molar-refractivity contribution is 7.89. The van der Waals surface area contributed by atoms with E-state index in [0.717, 1.165) is 16.7 Å². The fraction of sp³-hybridized carbons (Fsp3) is 0.118. The lowest BCUT2D eigenvalue weighted by Gasteiger charge is -2.15. The third kappa shape index (κ3) is 3.64. The molecule has 1 atom stereocenters. The van der Waals surface area contributed by atoms with Crippen LogP contribution in [0.3, 0.4) is 0 Å². The molecule has 0 radical (unpaired) electrons. The summed E-state index contributed by atoms with van der Waals surface area (Å²) >= 11 is 0. The Hall–Kier alpha value is -2.64. The lowest BCUT2D eigenvalue weighted by atomic mass is 10.0. The molecule has 7 heteroatoms. The highest BCUT2D eigenvalue weighted by Crippen LogP contribution is 2.21. The molecule has 6 nitrogen and oxygen atoms in total. The summed E-state index contributed by atoms with van der Waals surface area (Å²) in [6, 6.07) is 10.4. The van der Waals surface area contributed by atoms with E-state index < -0.39 is 10.0 Å². The first-order valence-corrected chi connectivity index (χ1v) is 8.82. The van der Waals surface area contributed by atoms with Crippen molar-refractivity contribution in [3.8, 4) is 11.1 Å². The Morgan fingerprint density at radius 2 is 1.62 bits per heavy atom. The van der Waals surface area contributed by atoms with Crippen LogP contribution in [0.25, 0.3) is 11.1 Å². The van der Waals surface area contributed by atoms with Crippen LogP contribution in [0.2, 0.25) is 0 Å². The largest absolute Gasteiger partial charge is 0.263 e. The average molecular weight is 340 g/mol. The van der Waals surface area contributed by atoms with E-state index in [1.807, 2.05) is 24.3 Å². The van der Waals surface area contributed by atoms with Crippen molar-refractivity contribution in [2.75, 3.05) is 0 Å². The Morgan fingerprint density at radius 1 is 0.917 bits per heavy atom. The second kappa shape index (κ2) is 6.86. The van der Waals surface area contributed by atoms with Gasteiger partial charge in [0.15, 0.2) is 0 Å². The number of sulfonamides is 1. The molecule has 0 saturated heterocycles. The molecule has 3 aromatic rings. The Balaban J connectivity index is 1.77. The first kappa shape index (κ1) is 16.2. The van der Waals surface area contributed by atoms with Crippen LogP contribution in [-0.4, -0.2) is 23.4 Å². The number of hydrogen-bond acceptors (Lipinski definition) is 5. The summed E-state index contributed by atoms with van der Waals surface area (Å²) in [5, 5.41) is 0. The normalized spacial score (nSPS) is 12.7. The van der Waals surface area contributed by atoms with Gasteiger partial charge in [0.2, 0.25) is 10.0 Å². The molecular formula is C17H16N4O2S. The van der Waals surface area contributed by atoms with Gasteiger partial charge in [-0.05, 0) is 30.2 Å². The van der Waals surface area contributed by atoms with E-state index in [4.69, 9.17) is 0 Å². The first-order valence-electron chi connectivity index (χ1n) is 7.34. The van der Waals surface area contributed by atoms with Crippen molar-refractivity contribution in [3.63, 3.8) is 0 Å². The zero-order chi connectivity index (χ0) is 17.0. The van der Waals surface area contributed by atoms with Gasteiger partial charge < -0.3 is 0 Å². The second-order valence-corrected chi connectivity index (χ2v) is 6.99. The van der Waals surface area contributed by atoms with Gasteiger partial charge in [-0.25, -0.2) is 23.1 Å². The van der Waals surface area contributed by atoms with Gasteiger partial charge in [-0.3, -0.25) is 4.98 Å². The molecule has 2 heterocycles. The van der Waals surface area contributed by atoms with E-state index in [2.05, 4.69) is 19.7 Å². The topological polar surface area (TPSA) is 84.8 Å². The molecular weight excluding hydrogens is 324 g/mol. The fourth-order valence-electron chi connectivity index (χ4n) is 2.29. The zero-order valence-corrected chi connectivity index (χ0v) is 13.8. The van der Waals surface area contributed by atoms with E-state index in [-0.39, 0.29) is 10.9 Å². The Labute approximate surface area is 140 Å². The van der Waals surface area contributed by atoms with E-state index in [9.17, 15) is 8.42 Å². The van der Waals surface area contributed by atoms with Gasteiger partial charge in [0.05, 0.1) is 0 Å².